The van der Waals surface area contributed by atoms with Gasteiger partial charge in [-0.2, -0.15) is 0 Å². The highest BCUT2D eigenvalue weighted by Crippen LogP contribution is 2.25. The van der Waals surface area contributed by atoms with Gasteiger partial charge >= 0.3 is 0 Å². The van der Waals surface area contributed by atoms with Crippen LogP contribution in [0.3, 0.4) is 0 Å². The Labute approximate surface area is 151 Å². The van der Waals surface area contributed by atoms with E-state index in [2.05, 4.69) is 5.32 Å². The molecule has 1 amide bonds. The van der Waals surface area contributed by atoms with E-state index in [-0.39, 0.29) is 6.54 Å². The maximum Gasteiger partial charge on any atom is 0.245 e. The van der Waals surface area contributed by atoms with Crippen molar-refractivity contribution in [2.75, 3.05) is 28.7 Å². The fourth-order valence-electron chi connectivity index (χ4n) is 2.08. The summed E-state index contributed by atoms with van der Waals surface area (Å²) in [5.74, 6) is -0.420. The van der Waals surface area contributed by atoms with Crippen LogP contribution < -0.4 is 9.62 Å². The van der Waals surface area contributed by atoms with Crippen LogP contribution in [0.4, 0.5) is 11.4 Å². The first-order valence-electron chi connectivity index (χ1n) is 6.97. The van der Waals surface area contributed by atoms with Gasteiger partial charge in [0.05, 0.1) is 17.6 Å². The molecule has 0 saturated heterocycles. The number of anilines is 2. The second kappa shape index (κ2) is 7.92. The van der Waals surface area contributed by atoms with Crippen LogP contribution in [-0.2, 0) is 14.8 Å². The first kappa shape index (κ1) is 18.6. The lowest BCUT2D eigenvalue weighted by Crippen LogP contribution is -2.37. The standard InChI is InChI=1S/C16H17ClN2O3S2/c1-23-15-6-4-3-5-14(15)18-16(20)11-19(24(2,21)22)13-9-7-12(17)8-10-13/h3-10H,11H2,1-2H3,(H,18,20). The molecule has 2 aromatic carbocycles. The topological polar surface area (TPSA) is 66.5 Å². The largest absolute Gasteiger partial charge is 0.323 e. The number of nitrogens with zero attached hydrogens (tertiary/aromatic N) is 1. The number of hydrogen-bond acceptors (Lipinski definition) is 4. The molecule has 0 aliphatic rings. The van der Waals surface area contributed by atoms with E-state index >= 15 is 0 Å². The van der Waals surface area contributed by atoms with Crippen molar-refractivity contribution in [3.8, 4) is 0 Å². The third-order valence-corrected chi connectivity index (χ3v) is 5.37. The van der Waals surface area contributed by atoms with E-state index in [4.69, 9.17) is 11.6 Å². The molecule has 0 heterocycles. The zero-order chi connectivity index (χ0) is 17.7. The van der Waals surface area contributed by atoms with Crippen LogP contribution in [0.5, 0.6) is 0 Å². The Kier molecular flexibility index (Phi) is 6.15. The molecule has 0 aliphatic carbocycles. The third kappa shape index (κ3) is 4.90. The smallest absolute Gasteiger partial charge is 0.245 e. The number of amides is 1. The SMILES string of the molecule is CSc1ccccc1NC(=O)CN(c1ccc(Cl)cc1)S(C)(=O)=O. The number of carbonyl (C=O) groups is 1. The molecular weight excluding hydrogens is 368 g/mol. The molecule has 5 nitrogen and oxygen atoms in total. The van der Waals surface area contributed by atoms with Gasteiger partial charge in [0.2, 0.25) is 15.9 Å². The van der Waals surface area contributed by atoms with E-state index in [0.29, 0.717) is 16.4 Å². The van der Waals surface area contributed by atoms with Gasteiger partial charge in [-0.05, 0) is 42.7 Å². The predicted molar refractivity (Wildman–Crippen MR) is 100 cm³/mol. The molecule has 0 spiro atoms. The number of rotatable bonds is 6. The van der Waals surface area contributed by atoms with Crippen LogP contribution in [-0.4, -0.2) is 33.4 Å². The molecule has 0 fully saturated rings. The lowest BCUT2D eigenvalue weighted by molar-refractivity contribution is -0.114. The molecule has 2 aromatic rings. The van der Waals surface area contributed by atoms with E-state index < -0.39 is 15.9 Å². The Morgan fingerprint density at radius 1 is 1.17 bits per heavy atom. The van der Waals surface area contributed by atoms with E-state index in [1.54, 1.807) is 30.3 Å². The van der Waals surface area contributed by atoms with Crippen molar-refractivity contribution in [1.82, 2.24) is 0 Å². The number of halogens is 1. The van der Waals surface area contributed by atoms with Crippen molar-refractivity contribution in [1.29, 1.82) is 0 Å². The minimum Gasteiger partial charge on any atom is -0.323 e. The van der Waals surface area contributed by atoms with E-state index in [1.165, 1.54) is 11.8 Å². The Bertz CT molecular complexity index is 823. The van der Waals surface area contributed by atoms with Crippen LogP contribution in [0, 0.1) is 0 Å². The summed E-state index contributed by atoms with van der Waals surface area (Å²) in [5, 5.41) is 3.24. The average molecular weight is 385 g/mol. The maximum absolute atomic E-state index is 12.3. The average Bonchev–Trinajstić information content (AvgIpc) is 2.53. The zero-order valence-electron chi connectivity index (χ0n) is 13.2. The Morgan fingerprint density at radius 2 is 1.79 bits per heavy atom. The van der Waals surface area contributed by atoms with Crippen LogP contribution in [0.25, 0.3) is 0 Å². The lowest BCUT2D eigenvalue weighted by atomic mass is 10.3. The number of hydrogen-bond donors (Lipinski definition) is 1. The quantitative estimate of drug-likeness (QED) is 0.774. The van der Waals surface area contributed by atoms with Gasteiger partial charge in [0.15, 0.2) is 0 Å². The summed E-state index contributed by atoms with van der Waals surface area (Å²) in [6.45, 7) is -0.316. The highest BCUT2D eigenvalue weighted by Gasteiger charge is 2.21. The zero-order valence-corrected chi connectivity index (χ0v) is 15.6. The number of benzene rings is 2. The summed E-state index contributed by atoms with van der Waals surface area (Å²) in [4.78, 5) is 13.2. The molecule has 24 heavy (non-hydrogen) atoms. The third-order valence-electron chi connectivity index (χ3n) is 3.18. The number of carbonyl (C=O) groups excluding carboxylic acids is 1. The number of para-hydroxylation sites is 1. The normalized spacial score (nSPS) is 11.1. The summed E-state index contributed by atoms with van der Waals surface area (Å²) >= 11 is 7.33. The van der Waals surface area contributed by atoms with Crippen LogP contribution in [0.1, 0.15) is 0 Å². The van der Waals surface area contributed by atoms with Gasteiger partial charge in [0.1, 0.15) is 6.54 Å². The second-order valence-corrected chi connectivity index (χ2v) is 8.19. The van der Waals surface area contributed by atoms with Crippen molar-refractivity contribution in [3.63, 3.8) is 0 Å². The van der Waals surface area contributed by atoms with Gasteiger partial charge in [0, 0.05) is 9.92 Å². The molecule has 8 heteroatoms. The molecule has 0 aliphatic heterocycles. The minimum atomic E-state index is -3.61. The number of thioether (sulfide) groups is 1. The summed E-state index contributed by atoms with van der Waals surface area (Å²) in [7, 11) is -3.61. The molecule has 0 atom stereocenters. The van der Waals surface area contributed by atoms with Crippen molar-refractivity contribution < 1.29 is 13.2 Å². The Morgan fingerprint density at radius 3 is 2.38 bits per heavy atom. The molecule has 0 radical (unpaired) electrons. The minimum absolute atomic E-state index is 0.316. The van der Waals surface area contributed by atoms with Crippen molar-refractivity contribution in [3.05, 3.63) is 53.6 Å². The van der Waals surface area contributed by atoms with Gasteiger partial charge in [0.25, 0.3) is 0 Å². The fourth-order valence-corrected chi connectivity index (χ4v) is 3.61. The van der Waals surface area contributed by atoms with Crippen molar-refractivity contribution >= 4 is 50.7 Å². The highest BCUT2D eigenvalue weighted by molar-refractivity contribution is 7.98. The van der Waals surface area contributed by atoms with Gasteiger partial charge in [-0.3, -0.25) is 9.10 Å². The van der Waals surface area contributed by atoms with Gasteiger partial charge < -0.3 is 5.32 Å². The number of nitrogens with one attached hydrogen (secondary N) is 1. The van der Waals surface area contributed by atoms with Gasteiger partial charge in [-0.25, -0.2) is 8.42 Å². The van der Waals surface area contributed by atoms with E-state index in [0.717, 1.165) is 15.5 Å². The molecular formula is C16H17ClN2O3S2. The predicted octanol–water partition coefficient (Wildman–Crippen LogP) is 3.47. The summed E-state index contributed by atoms with van der Waals surface area (Å²) in [6.07, 6.45) is 2.96. The highest BCUT2D eigenvalue weighted by atomic mass is 35.5. The molecule has 2 rings (SSSR count). The second-order valence-electron chi connectivity index (χ2n) is 4.99. The van der Waals surface area contributed by atoms with Crippen molar-refractivity contribution in [2.45, 2.75) is 4.90 Å². The fraction of sp³-hybridized carbons (Fsp3) is 0.188. The van der Waals surface area contributed by atoms with E-state index in [9.17, 15) is 13.2 Å². The molecule has 1 N–H and O–H groups in total. The molecule has 0 unspecified atom stereocenters. The van der Waals surface area contributed by atoms with Crippen LogP contribution in [0.2, 0.25) is 5.02 Å². The van der Waals surface area contributed by atoms with Gasteiger partial charge in [-0.1, -0.05) is 23.7 Å². The lowest BCUT2D eigenvalue weighted by Gasteiger charge is -2.22. The Hall–Kier alpha value is -1.70. The monoisotopic (exact) mass is 384 g/mol. The Balaban J connectivity index is 2.21. The first-order chi connectivity index (χ1) is 11.3. The van der Waals surface area contributed by atoms with Gasteiger partial charge in [-0.15, -0.1) is 11.8 Å². The molecule has 0 aromatic heterocycles. The van der Waals surface area contributed by atoms with Crippen LogP contribution in [0.15, 0.2) is 53.4 Å². The van der Waals surface area contributed by atoms with Crippen molar-refractivity contribution in [2.24, 2.45) is 0 Å². The molecule has 0 bridgehead atoms. The summed E-state index contributed by atoms with van der Waals surface area (Å²) < 4.78 is 25.1. The van der Waals surface area contributed by atoms with Crippen LogP contribution >= 0.6 is 23.4 Å². The van der Waals surface area contributed by atoms with E-state index in [1.807, 2.05) is 24.5 Å². The maximum atomic E-state index is 12.3. The number of sulfonamides is 1. The molecule has 128 valence electrons. The first-order valence-corrected chi connectivity index (χ1v) is 10.4. The summed E-state index contributed by atoms with van der Waals surface area (Å²) in [5.41, 5.74) is 1.04. The molecule has 0 saturated carbocycles. The summed E-state index contributed by atoms with van der Waals surface area (Å²) in [6, 6.07) is 13.6.